The summed E-state index contributed by atoms with van der Waals surface area (Å²) in [6, 6.07) is 43.0. The predicted molar refractivity (Wildman–Crippen MR) is 141 cm³/mol. The van der Waals surface area contributed by atoms with Crippen molar-refractivity contribution in [3.63, 3.8) is 0 Å². The van der Waals surface area contributed by atoms with Gasteiger partial charge >= 0.3 is 0 Å². The normalized spacial score (nSPS) is 11.5. The zero-order valence-corrected chi connectivity index (χ0v) is 18.5. The van der Waals surface area contributed by atoms with Crippen LogP contribution in [0.5, 0.6) is 0 Å². The van der Waals surface area contributed by atoms with Crippen LogP contribution in [0.25, 0.3) is 60.7 Å². The number of furan rings is 1. The van der Waals surface area contributed by atoms with Crippen LogP contribution in [-0.2, 0) is 0 Å². The molecule has 2 heteroatoms. The lowest BCUT2D eigenvalue weighted by atomic mass is 9.95. The zero-order valence-electron chi connectivity index (χ0n) is 18.5. The Hall–Kier alpha value is -4.56. The minimum atomic E-state index is 0.898. The van der Waals surface area contributed by atoms with Crippen LogP contribution >= 0.6 is 0 Å². The van der Waals surface area contributed by atoms with Gasteiger partial charge in [-0.15, -0.1) is 0 Å². The molecule has 0 N–H and O–H groups in total. The molecular weight excluding hydrogens is 414 g/mol. The van der Waals surface area contributed by atoms with Gasteiger partial charge in [0, 0.05) is 27.3 Å². The van der Waals surface area contributed by atoms with Gasteiger partial charge in [-0.1, -0.05) is 97.1 Å². The SMILES string of the molecule is c1ccc(-c2cccc(-c3ccccc3)c2-n2c3ccccc3c3ccc4occc4c32)cc1. The van der Waals surface area contributed by atoms with Gasteiger partial charge in [0.05, 0.1) is 23.0 Å². The van der Waals surface area contributed by atoms with Crippen molar-refractivity contribution in [2.45, 2.75) is 0 Å². The second-order valence-corrected chi connectivity index (χ2v) is 8.58. The average Bonchev–Trinajstić information content (AvgIpc) is 3.52. The quantitative estimate of drug-likeness (QED) is 0.271. The van der Waals surface area contributed by atoms with E-state index in [9.17, 15) is 0 Å². The van der Waals surface area contributed by atoms with Crippen LogP contribution in [0.2, 0.25) is 0 Å². The van der Waals surface area contributed by atoms with Crippen LogP contribution in [0.1, 0.15) is 0 Å². The lowest BCUT2D eigenvalue weighted by Gasteiger charge is -2.19. The van der Waals surface area contributed by atoms with Crippen molar-refractivity contribution in [2.75, 3.05) is 0 Å². The summed E-state index contributed by atoms with van der Waals surface area (Å²) in [7, 11) is 0. The third-order valence-corrected chi connectivity index (χ3v) is 6.69. The molecule has 0 aliphatic heterocycles. The van der Waals surface area contributed by atoms with Crippen LogP contribution in [0, 0.1) is 0 Å². The molecule has 160 valence electrons. The molecule has 0 aliphatic rings. The Labute approximate surface area is 197 Å². The molecule has 0 saturated carbocycles. The Kier molecular flexibility index (Phi) is 4.18. The highest BCUT2D eigenvalue weighted by atomic mass is 16.3. The second-order valence-electron chi connectivity index (χ2n) is 8.58. The van der Waals surface area contributed by atoms with Crippen LogP contribution in [0.15, 0.2) is 132 Å². The number of aromatic nitrogens is 1. The summed E-state index contributed by atoms with van der Waals surface area (Å²) < 4.78 is 8.27. The number of rotatable bonds is 3. The van der Waals surface area contributed by atoms with Gasteiger partial charge < -0.3 is 8.98 Å². The number of fused-ring (bicyclic) bond motifs is 5. The summed E-state index contributed by atoms with van der Waals surface area (Å²) in [5.41, 5.74) is 9.23. The molecule has 0 spiro atoms. The van der Waals surface area contributed by atoms with Crippen LogP contribution in [-0.4, -0.2) is 4.57 Å². The van der Waals surface area contributed by atoms with Crippen molar-refractivity contribution in [2.24, 2.45) is 0 Å². The van der Waals surface area contributed by atoms with E-state index in [1.165, 1.54) is 49.7 Å². The zero-order chi connectivity index (χ0) is 22.5. The van der Waals surface area contributed by atoms with Crippen molar-refractivity contribution in [1.82, 2.24) is 4.57 Å². The minimum Gasteiger partial charge on any atom is -0.464 e. The molecule has 0 amide bonds. The molecule has 0 saturated heterocycles. The molecule has 0 aliphatic carbocycles. The van der Waals surface area contributed by atoms with Gasteiger partial charge in [0.1, 0.15) is 5.58 Å². The molecule has 0 unspecified atom stereocenters. The van der Waals surface area contributed by atoms with Gasteiger partial charge in [0.25, 0.3) is 0 Å². The summed E-state index contributed by atoms with van der Waals surface area (Å²) in [6.07, 6.45) is 1.79. The predicted octanol–water partition coefficient (Wildman–Crippen LogP) is 8.86. The molecule has 0 radical (unpaired) electrons. The number of nitrogens with zero attached hydrogens (tertiary/aromatic N) is 1. The van der Waals surface area contributed by atoms with Crippen LogP contribution in [0.3, 0.4) is 0 Å². The van der Waals surface area contributed by atoms with Gasteiger partial charge in [0.15, 0.2) is 0 Å². The highest BCUT2D eigenvalue weighted by molar-refractivity contribution is 6.18. The summed E-state index contributed by atoms with van der Waals surface area (Å²) in [6.45, 7) is 0. The fourth-order valence-electron chi connectivity index (χ4n) is 5.22. The first-order chi connectivity index (χ1) is 16.9. The molecule has 2 aromatic heterocycles. The first-order valence-corrected chi connectivity index (χ1v) is 11.5. The number of hydrogen-bond acceptors (Lipinski definition) is 1. The molecule has 0 atom stereocenters. The van der Waals surface area contributed by atoms with Gasteiger partial charge in [-0.3, -0.25) is 0 Å². The maximum Gasteiger partial charge on any atom is 0.136 e. The monoisotopic (exact) mass is 435 g/mol. The minimum absolute atomic E-state index is 0.898. The van der Waals surface area contributed by atoms with Crippen molar-refractivity contribution in [1.29, 1.82) is 0 Å². The number of benzene rings is 5. The molecule has 34 heavy (non-hydrogen) atoms. The molecule has 2 heterocycles. The Morgan fingerprint density at radius 1 is 0.471 bits per heavy atom. The van der Waals surface area contributed by atoms with E-state index in [0.717, 1.165) is 11.0 Å². The van der Waals surface area contributed by atoms with E-state index in [4.69, 9.17) is 4.42 Å². The Balaban J connectivity index is 1.72. The van der Waals surface area contributed by atoms with Crippen LogP contribution in [0.4, 0.5) is 0 Å². The maximum absolute atomic E-state index is 5.83. The van der Waals surface area contributed by atoms with E-state index in [2.05, 4.69) is 126 Å². The largest absolute Gasteiger partial charge is 0.464 e. The molecular formula is C32H21NO. The van der Waals surface area contributed by atoms with Crippen molar-refractivity contribution in [3.8, 4) is 27.9 Å². The summed E-state index contributed by atoms with van der Waals surface area (Å²) in [4.78, 5) is 0. The standard InChI is InChI=1S/C32H21NO/c1-3-10-22(11-4-1)24-15-9-16-25(23-12-5-2-6-13-23)31(24)33-29-17-8-7-14-26(29)27-18-19-30-28(32(27)33)20-21-34-30/h1-21H. The van der Waals surface area contributed by atoms with E-state index < -0.39 is 0 Å². The van der Waals surface area contributed by atoms with E-state index in [1.807, 2.05) is 0 Å². The number of hydrogen-bond donors (Lipinski definition) is 0. The first kappa shape index (κ1) is 19.0. The van der Waals surface area contributed by atoms with E-state index in [-0.39, 0.29) is 0 Å². The van der Waals surface area contributed by atoms with E-state index >= 15 is 0 Å². The highest BCUT2D eigenvalue weighted by Crippen LogP contribution is 2.43. The molecule has 0 fully saturated rings. The van der Waals surface area contributed by atoms with Crippen molar-refractivity contribution in [3.05, 3.63) is 128 Å². The Bertz CT molecular complexity index is 1730. The molecule has 2 nitrogen and oxygen atoms in total. The van der Waals surface area contributed by atoms with Gasteiger partial charge in [-0.05, 0) is 35.4 Å². The smallest absolute Gasteiger partial charge is 0.136 e. The molecule has 7 rings (SSSR count). The van der Waals surface area contributed by atoms with E-state index in [1.54, 1.807) is 6.26 Å². The highest BCUT2D eigenvalue weighted by Gasteiger charge is 2.21. The summed E-state index contributed by atoms with van der Waals surface area (Å²) in [5, 5.41) is 3.59. The third-order valence-electron chi connectivity index (χ3n) is 6.69. The molecule has 5 aromatic carbocycles. The second kappa shape index (κ2) is 7.50. The fourth-order valence-corrected chi connectivity index (χ4v) is 5.22. The van der Waals surface area contributed by atoms with Crippen LogP contribution < -0.4 is 0 Å². The Morgan fingerprint density at radius 3 is 1.82 bits per heavy atom. The van der Waals surface area contributed by atoms with Gasteiger partial charge in [0.2, 0.25) is 0 Å². The first-order valence-electron chi connectivity index (χ1n) is 11.5. The third kappa shape index (κ3) is 2.76. The lowest BCUT2D eigenvalue weighted by Crippen LogP contribution is -2.00. The molecule has 0 bridgehead atoms. The maximum atomic E-state index is 5.83. The van der Waals surface area contributed by atoms with Gasteiger partial charge in [-0.2, -0.15) is 0 Å². The Morgan fingerprint density at radius 2 is 1.12 bits per heavy atom. The topological polar surface area (TPSA) is 18.1 Å². The summed E-state index contributed by atoms with van der Waals surface area (Å²) in [5.74, 6) is 0. The lowest BCUT2D eigenvalue weighted by molar-refractivity contribution is 0.616. The molecule has 7 aromatic rings. The fraction of sp³-hybridized carbons (Fsp3) is 0. The van der Waals surface area contributed by atoms with Gasteiger partial charge in [-0.25, -0.2) is 0 Å². The van der Waals surface area contributed by atoms with E-state index in [0.29, 0.717) is 0 Å². The van der Waals surface area contributed by atoms with Crippen molar-refractivity contribution < 1.29 is 4.42 Å². The average molecular weight is 436 g/mol. The van der Waals surface area contributed by atoms with Crippen molar-refractivity contribution >= 4 is 32.8 Å². The summed E-state index contributed by atoms with van der Waals surface area (Å²) >= 11 is 0. The number of para-hydroxylation sites is 2.